The summed E-state index contributed by atoms with van der Waals surface area (Å²) in [6.45, 7) is 4.38. The molecule has 1 heterocycles. The van der Waals surface area contributed by atoms with Crippen molar-refractivity contribution in [3.63, 3.8) is 0 Å². The van der Waals surface area contributed by atoms with Gasteiger partial charge in [-0.05, 0) is 18.1 Å². The largest absolute Gasteiger partial charge is 0.370 e. The Morgan fingerprint density at radius 1 is 1.47 bits per heavy atom. The van der Waals surface area contributed by atoms with Gasteiger partial charge in [0.25, 0.3) is 0 Å². The van der Waals surface area contributed by atoms with E-state index in [-0.39, 0.29) is 6.10 Å². The number of nitrogens with two attached hydrogens (primary N) is 1. The number of benzene rings is 1. The number of aliphatic imine (C=N–C) groups is 1. The highest BCUT2D eigenvalue weighted by Gasteiger charge is 2.23. The molecule has 4 heteroatoms. The summed E-state index contributed by atoms with van der Waals surface area (Å²) >= 11 is 0. The summed E-state index contributed by atoms with van der Waals surface area (Å²) in [5.41, 5.74) is 8.34. The van der Waals surface area contributed by atoms with Crippen LogP contribution in [0.5, 0.6) is 0 Å². The lowest BCUT2D eigenvalue weighted by atomic mass is 10.0. The number of hydrogen-bond donors (Lipinski definition) is 1. The van der Waals surface area contributed by atoms with Crippen LogP contribution in [-0.4, -0.2) is 37.6 Å². The molecule has 0 amide bonds. The molecule has 1 aliphatic rings. The molecule has 1 atom stereocenters. The fourth-order valence-electron chi connectivity index (χ4n) is 2.13. The van der Waals surface area contributed by atoms with E-state index in [1.165, 1.54) is 11.1 Å². The molecule has 1 saturated heterocycles. The topological polar surface area (TPSA) is 50.8 Å². The summed E-state index contributed by atoms with van der Waals surface area (Å²) in [6.07, 6.45) is 0.0882. The van der Waals surface area contributed by atoms with Crippen LogP contribution in [0.15, 0.2) is 29.3 Å². The Kier molecular flexibility index (Phi) is 3.64. The first-order valence-electron chi connectivity index (χ1n) is 5.86. The molecule has 0 bridgehead atoms. The highest BCUT2D eigenvalue weighted by atomic mass is 16.5. The number of aryl methyl sites for hydroxylation is 1. The van der Waals surface area contributed by atoms with Crippen LogP contribution in [0.4, 0.5) is 0 Å². The number of morpholine rings is 1. The summed E-state index contributed by atoms with van der Waals surface area (Å²) in [5, 5.41) is 0. The molecule has 0 radical (unpaired) electrons. The summed E-state index contributed by atoms with van der Waals surface area (Å²) < 4.78 is 5.82. The first-order valence-corrected chi connectivity index (χ1v) is 5.86. The first-order chi connectivity index (χ1) is 8.22. The fourth-order valence-corrected chi connectivity index (χ4v) is 2.13. The van der Waals surface area contributed by atoms with Gasteiger partial charge in [0.1, 0.15) is 6.10 Å². The molecule has 92 valence electrons. The zero-order chi connectivity index (χ0) is 12.3. The van der Waals surface area contributed by atoms with E-state index in [9.17, 15) is 0 Å². The van der Waals surface area contributed by atoms with Crippen LogP contribution < -0.4 is 5.73 Å². The maximum absolute atomic E-state index is 5.85. The predicted molar refractivity (Wildman–Crippen MR) is 69.0 cm³/mol. The van der Waals surface area contributed by atoms with E-state index < -0.39 is 0 Å². The van der Waals surface area contributed by atoms with E-state index in [4.69, 9.17) is 10.5 Å². The van der Waals surface area contributed by atoms with Gasteiger partial charge in [-0.2, -0.15) is 0 Å². The molecule has 4 nitrogen and oxygen atoms in total. The van der Waals surface area contributed by atoms with Gasteiger partial charge in [-0.25, -0.2) is 0 Å². The van der Waals surface area contributed by atoms with Gasteiger partial charge in [0.15, 0.2) is 5.96 Å². The van der Waals surface area contributed by atoms with Crippen molar-refractivity contribution < 1.29 is 4.74 Å². The second-order valence-electron chi connectivity index (χ2n) is 4.24. The SMILES string of the molecule is CN=C(N)N1CCOC(c2ccccc2C)C1. The van der Waals surface area contributed by atoms with E-state index in [0.717, 1.165) is 13.1 Å². The van der Waals surface area contributed by atoms with Gasteiger partial charge in [-0.3, -0.25) is 4.99 Å². The number of ether oxygens (including phenoxy) is 1. The van der Waals surface area contributed by atoms with Crippen molar-refractivity contribution in [3.05, 3.63) is 35.4 Å². The Labute approximate surface area is 102 Å². The van der Waals surface area contributed by atoms with Gasteiger partial charge in [-0.1, -0.05) is 24.3 Å². The Morgan fingerprint density at radius 3 is 2.94 bits per heavy atom. The maximum Gasteiger partial charge on any atom is 0.191 e. The molecule has 1 aromatic rings. The zero-order valence-electron chi connectivity index (χ0n) is 10.4. The normalized spacial score (nSPS) is 21.6. The van der Waals surface area contributed by atoms with Crippen molar-refractivity contribution in [2.24, 2.45) is 10.7 Å². The number of rotatable bonds is 1. The van der Waals surface area contributed by atoms with Crippen LogP contribution in [0.25, 0.3) is 0 Å². The van der Waals surface area contributed by atoms with Crippen molar-refractivity contribution in [2.75, 3.05) is 26.7 Å². The Hall–Kier alpha value is -1.55. The number of nitrogens with zero attached hydrogens (tertiary/aromatic N) is 2. The molecule has 0 aromatic heterocycles. The molecule has 0 spiro atoms. The van der Waals surface area contributed by atoms with E-state index in [1.807, 2.05) is 12.1 Å². The molecule has 1 aliphatic heterocycles. The Balaban J connectivity index is 2.15. The monoisotopic (exact) mass is 233 g/mol. The highest BCUT2D eigenvalue weighted by molar-refractivity contribution is 5.78. The average Bonchev–Trinajstić information content (AvgIpc) is 2.38. The minimum absolute atomic E-state index is 0.0882. The van der Waals surface area contributed by atoms with Crippen molar-refractivity contribution in [2.45, 2.75) is 13.0 Å². The smallest absolute Gasteiger partial charge is 0.191 e. The lowest BCUT2D eigenvalue weighted by molar-refractivity contribution is -0.00762. The third-order valence-electron chi connectivity index (χ3n) is 3.15. The lowest BCUT2D eigenvalue weighted by Crippen LogP contribution is -2.46. The van der Waals surface area contributed by atoms with Gasteiger partial charge in [0.2, 0.25) is 0 Å². The molecule has 1 unspecified atom stereocenters. The third-order valence-corrected chi connectivity index (χ3v) is 3.15. The second kappa shape index (κ2) is 5.19. The van der Waals surface area contributed by atoms with Crippen LogP contribution in [0.1, 0.15) is 17.2 Å². The molecular formula is C13H19N3O. The lowest BCUT2D eigenvalue weighted by Gasteiger charge is -2.34. The van der Waals surface area contributed by atoms with E-state index in [2.05, 4.69) is 28.9 Å². The molecular weight excluding hydrogens is 214 g/mol. The van der Waals surface area contributed by atoms with Crippen molar-refractivity contribution in [1.82, 2.24) is 4.90 Å². The minimum Gasteiger partial charge on any atom is -0.370 e. The summed E-state index contributed by atoms with van der Waals surface area (Å²) in [4.78, 5) is 6.10. The summed E-state index contributed by atoms with van der Waals surface area (Å²) in [6, 6.07) is 8.31. The van der Waals surface area contributed by atoms with Gasteiger partial charge in [0.05, 0.1) is 13.2 Å². The van der Waals surface area contributed by atoms with E-state index >= 15 is 0 Å². The van der Waals surface area contributed by atoms with Crippen molar-refractivity contribution in [1.29, 1.82) is 0 Å². The van der Waals surface area contributed by atoms with Crippen LogP contribution in [0, 0.1) is 6.92 Å². The van der Waals surface area contributed by atoms with Gasteiger partial charge in [-0.15, -0.1) is 0 Å². The molecule has 1 aromatic carbocycles. The third kappa shape index (κ3) is 2.58. The second-order valence-corrected chi connectivity index (χ2v) is 4.24. The molecule has 2 rings (SSSR count). The van der Waals surface area contributed by atoms with Crippen molar-refractivity contribution >= 4 is 5.96 Å². The molecule has 17 heavy (non-hydrogen) atoms. The van der Waals surface area contributed by atoms with Crippen LogP contribution in [-0.2, 0) is 4.74 Å². The fraction of sp³-hybridized carbons (Fsp3) is 0.462. The van der Waals surface area contributed by atoms with Crippen LogP contribution >= 0.6 is 0 Å². The Morgan fingerprint density at radius 2 is 2.24 bits per heavy atom. The number of hydrogen-bond acceptors (Lipinski definition) is 2. The molecule has 0 aliphatic carbocycles. The maximum atomic E-state index is 5.85. The van der Waals surface area contributed by atoms with Crippen LogP contribution in [0.3, 0.4) is 0 Å². The predicted octanol–water partition coefficient (Wildman–Crippen LogP) is 1.31. The minimum atomic E-state index is 0.0882. The zero-order valence-corrected chi connectivity index (χ0v) is 10.4. The number of guanidine groups is 1. The first kappa shape index (κ1) is 11.9. The van der Waals surface area contributed by atoms with Gasteiger partial charge < -0.3 is 15.4 Å². The van der Waals surface area contributed by atoms with Crippen molar-refractivity contribution in [3.8, 4) is 0 Å². The molecule has 1 fully saturated rings. The Bertz CT molecular complexity index is 417. The average molecular weight is 233 g/mol. The summed E-state index contributed by atoms with van der Waals surface area (Å²) in [7, 11) is 1.72. The summed E-state index contributed by atoms with van der Waals surface area (Å²) in [5.74, 6) is 0.590. The quantitative estimate of drug-likeness (QED) is 0.588. The molecule has 0 saturated carbocycles. The van der Waals surface area contributed by atoms with E-state index in [1.54, 1.807) is 7.05 Å². The molecule has 2 N–H and O–H groups in total. The standard InChI is InChI=1S/C13H19N3O/c1-10-5-3-4-6-11(10)12-9-16(7-8-17-12)13(14)15-2/h3-6,12H,7-9H2,1-2H3,(H2,14,15). The highest BCUT2D eigenvalue weighted by Crippen LogP contribution is 2.24. The van der Waals surface area contributed by atoms with Crippen LogP contribution in [0.2, 0.25) is 0 Å². The van der Waals surface area contributed by atoms with E-state index in [0.29, 0.717) is 12.6 Å². The van der Waals surface area contributed by atoms with Gasteiger partial charge in [0, 0.05) is 13.6 Å². The van der Waals surface area contributed by atoms with Gasteiger partial charge >= 0.3 is 0 Å².